The molecule has 0 saturated carbocycles. The van der Waals surface area contributed by atoms with Crippen molar-refractivity contribution in [2.45, 2.75) is 19.2 Å². The quantitative estimate of drug-likeness (QED) is 0.803. The van der Waals surface area contributed by atoms with Gasteiger partial charge in [-0.2, -0.15) is 13.2 Å². The molecule has 1 unspecified atom stereocenters. The summed E-state index contributed by atoms with van der Waals surface area (Å²) in [5, 5.41) is 9.01. The third-order valence-electron chi connectivity index (χ3n) is 2.12. The lowest BCUT2D eigenvalue weighted by atomic mass is 10.0. The molecule has 0 fully saturated rings. The van der Waals surface area contributed by atoms with Gasteiger partial charge in [0.1, 0.15) is 11.6 Å². The molecule has 0 saturated heterocycles. The van der Waals surface area contributed by atoms with E-state index in [4.69, 9.17) is 5.11 Å². The van der Waals surface area contributed by atoms with Gasteiger partial charge in [-0.1, -0.05) is 0 Å². The van der Waals surface area contributed by atoms with Gasteiger partial charge in [-0.15, -0.1) is 0 Å². The van der Waals surface area contributed by atoms with Crippen LogP contribution in [0.4, 0.5) is 17.6 Å². The summed E-state index contributed by atoms with van der Waals surface area (Å²) in [6.45, 7) is 1.39. The maximum absolute atomic E-state index is 13.1. The lowest BCUT2D eigenvalue weighted by molar-refractivity contribution is -0.207. The Bertz CT molecular complexity index is 387. The lowest BCUT2D eigenvalue weighted by Crippen LogP contribution is -2.21. The molecule has 6 heteroatoms. The molecule has 90 valence electrons. The zero-order valence-electron chi connectivity index (χ0n) is 8.60. The van der Waals surface area contributed by atoms with Crippen LogP contribution in [0.25, 0.3) is 0 Å². The predicted octanol–water partition coefficient (Wildman–Crippen LogP) is 2.74. The molecule has 1 aromatic carbocycles. The molecule has 0 bridgehead atoms. The number of rotatable bonds is 2. The summed E-state index contributed by atoms with van der Waals surface area (Å²) in [6, 6.07) is 1.74. The normalized spacial score (nSPS) is 13.7. The van der Waals surface area contributed by atoms with E-state index in [2.05, 4.69) is 4.74 Å². The molecule has 1 N–H and O–H groups in total. The summed E-state index contributed by atoms with van der Waals surface area (Å²) < 4.78 is 54.5. The van der Waals surface area contributed by atoms with Gasteiger partial charge in [-0.05, 0) is 24.6 Å². The minimum atomic E-state index is -4.85. The standard InChI is InChI=1S/C10H10F4O2/c1-5-3-8(16-2)6(4-7(5)11)9(15)10(12,13)14/h3-4,9,15H,1-2H3. The van der Waals surface area contributed by atoms with E-state index in [-0.39, 0.29) is 11.3 Å². The van der Waals surface area contributed by atoms with Crippen molar-refractivity contribution in [2.75, 3.05) is 7.11 Å². The minimum absolute atomic E-state index is 0.148. The van der Waals surface area contributed by atoms with Crippen LogP contribution >= 0.6 is 0 Å². The average Bonchev–Trinajstić information content (AvgIpc) is 2.19. The van der Waals surface area contributed by atoms with Gasteiger partial charge < -0.3 is 9.84 Å². The van der Waals surface area contributed by atoms with Crippen LogP contribution in [0.2, 0.25) is 0 Å². The molecule has 1 rings (SSSR count). The van der Waals surface area contributed by atoms with Crippen LogP contribution in [0.15, 0.2) is 12.1 Å². The molecule has 0 radical (unpaired) electrons. The van der Waals surface area contributed by atoms with Crippen LogP contribution in [0.1, 0.15) is 17.2 Å². The number of aliphatic hydroxyl groups is 1. The topological polar surface area (TPSA) is 29.5 Å². The number of hydrogen-bond acceptors (Lipinski definition) is 2. The Hall–Kier alpha value is -1.30. The fourth-order valence-electron chi connectivity index (χ4n) is 1.24. The van der Waals surface area contributed by atoms with E-state index >= 15 is 0 Å². The first-order valence-corrected chi connectivity index (χ1v) is 4.36. The minimum Gasteiger partial charge on any atom is -0.496 e. The second-order valence-electron chi connectivity index (χ2n) is 3.29. The van der Waals surface area contributed by atoms with Crippen LogP contribution in [0, 0.1) is 12.7 Å². The van der Waals surface area contributed by atoms with Crippen molar-refractivity contribution in [3.8, 4) is 5.75 Å². The fourth-order valence-corrected chi connectivity index (χ4v) is 1.24. The number of benzene rings is 1. The summed E-state index contributed by atoms with van der Waals surface area (Å²) in [4.78, 5) is 0. The molecule has 2 nitrogen and oxygen atoms in total. The van der Waals surface area contributed by atoms with E-state index in [1.165, 1.54) is 6.92 Å². The number of methoxy groups -OCH3 is 1. The Balaban J connectivity index is 3.27. The largest absolute Gasteiger partial charge is 0.496 e. The Morgan fingerprint density at radius 1 is 1.31 bits per heavy atom. The van der Waals surface area contributed by atoms with Crippen molar-refractivity contribution < 1.29 is 27.4 Å². The van der Waals surface area contributed by atoms with Crippen molar-refractivity contribution in [1.82, 2.24) is 0 Å². The summed E-state index contributed by atoms with van der Waals surface area (Å²) in [6.07, 6.45) is -7.60. The molecule has 1 atom stereocenters. The van der Waals surface area contributed by atoms with Gasteiger partial charge in [0, 0.05) is 5.56 Å². The van der Waals surface area contributed by atoms with Crippen LogP contribution in [-0.4, -0.2) is 18.4 Å². The molecule has 0 aromatic heterocycles. The maximum Gasteiger partial charge on any atom is 0.418 e. The van der Waals surface area contributed by atoms with Gasteiger partial charge in [0.15, 0.2) is 6.10 Å². The molecule has 0 aliphatic carbocycles. The molecular weight excluding hydrogens is 228 g/mol. The molecule has 0 aliphatic heterocycles. The van der Waals surface area contributed by atoms with E-state index in [9.17, 15) is 17.6 Å². The van der Waals surface area contributed by atoms with Crippen molar-refractivity contribution in [2.24, 2.45) is 0 Å². The highest BCUT2D eigenvalue weighted by molar-refractivity contribution is 5.40. The van der Waals surface area contributed by atoms with Crippen LogP contribution in [0.5, 0.6) is 5.75 Å². The molecule has 16 heavy (non-hydrogen) atoms. The summed E-state index contributed by atoms with van der Waals surface area (Å²) in [5.41, 5.74) is -0.479. The first-order chi connectivity index (χ1) is 7.27. The van der Waals surface area contributed by atoms with Crippen molar-refractivity contribution >= 4 is 0 Å². The van der Waals surface area contributed by atoms with Crippen molar-refractivity contribution in [1.29, 1.82) is 0 Å². The van der Waals surface area contributed by atoms with E-state index in [0.717, 1.165) is 13.2 Å². The number of alkyl halides is 3. The number of ether oxygens (including phenoxy) is 1. The first kappa shape index (κ1) is 12.8. The number of hydrogen-bond donors (Lipinski definition) is 1. The monoisotopic (exact) mass is 238 g/mol. The summed E-state index contributed by atoms with van der Waals surface area (Å²) in [7, 11) is 1.15. The number of halogens is 4. The lowest BCUT2D eigenvalue weighted by Gasteiger charge is -2.18. The van der Waals surface area contributed by atoms with Gasteiger partial charge in [-0.3, -0.25) is 0 Å². The summed E-state index contributed by atoms with van der Waals surface area (Å²) in [5.74, 6) is -1.01. The maximum atomic E-state index is 13.1. The van der Waals surface area contributed by atoms with Gasteiger partial charge in [0.25, 0.3) is 0 Å². The zero-order valence-corrected chi connectivity index (χ0v) is 8.60. The smallest absolute Gasteiger partial charge is 0.418 e. The Morgan fingerprint density at radius 3 is 2.31 bits per heavy atom. The van der Waals surface area contributed by atoms with Gasteiger partial charge in [-0.25, -0.2) is 4.39 Å². The van der Waals surface area contributed by atoms with Gasteiger partial charge in [0.2, 0.25) is 0 Å². The van der Waals surface area contributed by atoms with Crippen LogP contribution < -0.4 is 4.74 Å². The van der Waals surface area contributed by atoms with E-state index in [1.54, 1.807) is 0 Å². The SMILES string of the molecule is COc1cc(C)c(F)cc1C(O)C(F)(F)F. The van der Waals surface area contributed by atoms with Crippen molar-refractivity contribution in [3.05, 3.63) is 29.1 Å². The van der Waals surface area contributed by atoms with E-state index in [1.807, 2.05) is 0 Å². The predicted molar refractivity (Wildman–Crippen MR) is 48.7 cm³/mol. The van der Waals surface area contributed by atoms with E-state index in [0.29, 0.717) is 6.07 Å². The summed E-state index contributed by atoms with van der Waals surface area (Å²) >= 11 is 0. The second-order valence-corrected chi connectivity index (χ2v) is 3.29. The van der Waals surface area contributed by atoms with E-state index < -0.39 is 23.7 Å². The van der Waals surface area contributed by atoms with Gasteiger partial charge in [0.05, 0.1) is 7.11 Å². The Morgan fingerprint density at radius 2 is 1.88 bits per heavy atom. The Labute approximate surface area is 89.5 Å². The number of aliphatic hydroxyl groups excluding tert-OH is 1. The number of aryl methyl sites for hydroxylation is 1. The molecule has 1 aromatic rings. The average molecular weight is 238 g/mol. The van der Waals surface area contributed by atoms with Crippen molar-refractivity contribution in [3.63, 3.8) is 0 Å². The molecule has 0 heterocycles. The zero-order chi connectivity index (χ0) is 12.5. The highest BCUT2D eigenvalue weighted by Gasteiger charge is 2.41. The molecule has 0 amide bonds. The second kappa shape index (κ2) is 4.29. The molecule has 0 aliphatic rings. The first-order valence-electron chi connectivity index (χ1n) is 4.36. The Kier molecular flexibility index (Phi) is 3.42. The highest BCUT2D eigenvalue weighted by atomic mass is 19.4. The molecule has 0 spiro atoms. The van der Waals surface area contributed by atoms with Crippen LogP contribution in [0.3, 0.4) is 0 Å². The fraction of sp³-hybridized carbons (Fsp3) is 0.400. The highest BCUT2D eigenvalue weighted by Crippen LogP contribution is 2.37. The molecular formula is C10H10F4O2. The van der Waals surface area contributed by atoms with Gasteiger partial charge >= 0.3 is 6.18 Å². The third kappa shape index (κ3) is 2.44. The van der Waals surface area contributed by atoms with Crippen LogP contribution in [-0.2, 0) is 0 Å². The third-order valence-corrected chi connectivity index (χ3v) is 2.12.